The first-order chi connectivity index (χ1) is 29.1. The second kappa shape index (κ2) is 14.5. The highest BCUT2D eigenvalue weighted by Gasteiger charge is 2.17. The lowest BCUT2D eigenvalue weighted by atomic mass is 9.93. The van der Waals surface area contributed by atoms with E-state index in [9.17, 15) is 0 Å². The van der Waals surface area contributed by atoms with Crippen LogP contribution < -0.4 is 0 Å². The predicted octanol–water partition coefficient (Wildman–Crippen LogP) is 14.4. The molecule has 0 bridgehead atoms. The van der Waals surface area contributed by atoms with Crippen molar-refractivity contribution in [2.75, 3.05) is 0 Å². The SMILES string of the molecule is Cn1c(-c2ccccc2)nc2ccc(-c3ccc(-c4cc(-c5cc(-c6ccccc6)cc(-c6cccc7c6sc6ccccc67)c5)nc(-c5ccccc5)n4)cc3)cc21. The molecule has 4 nitrogen and oxygen atoms in total. The van der Waals surface area contributed by atoms with Crippen LogP contribution in [-0.2, 0) is 7.05 Å². The zero-order chi connectivity index (χ0) is 39.3. The molecular weight excluding hydrogens is 737 g/mol. The Morgan fingerprint density at radius 1 is 0.390 bits per heavy atom. The molecule has 0 atom stereocenters. The van der Waals surface area contributed by atoms with Crippen LogP contribution in [0.25, 0.3) is 110 Å². The Balaban J connectivity index is 1.03. The Bertz CT molecular complexity index is 3310. The van der Waals surface area contributed by atoms with Crippen LogP contribution in [-0.4, -0.2) is 19.5 Å². The van der Waals surface area contributed by atoms with E-state index in [1.54, 1.807) is 0 Å². The number of aryl methyl sites for hydroxylation is 1. The molecule has 59 heavy (non-hydrogen) atoms. The summed E-state index contributed by atoms with van der Waals surface area (Å²) in [7, 11) is 2.09. The monoisotopic (exact) mass is 772 g/mol. The van der Waals surface area contributed by atoms with Crippen molar-refractivity contribution in [3.8, 4) is 78.7 Å². The molecule has 0 aliphatic carbocycles. The Morgan fingerprint density at radius 2 is 0.966 bits per heavy atom. The first-order valence-electron chi connectivity index (χ1n) is 19.8. The molecule has 5 heteroatoms. The van der Waals surface area contributed by atoms with Gasteiger partial charge in [0.1, 0.15) is 5.82 Å². The number of nitrogens with zero attached hydrogens (tertiary/aromatic N) is 4. The van der Waals surface area contributed by atoms with Gasteiger partial charge in [-0.2, -0.15) is 0 Å². The van der Waals surface area contributed by atoms with E-state index in [0.29, 0.717) is 5.82 Å². The molecule has 0 N–H and O–H groups in total. The minimum atomic E-state index is 0.691. The van der Waals surface area contributed by atoms with Crippen molar-refractivity contribution in [1.82, 2.24) is 19.5 Å². The van der Waals surface area contributed by atoms with Crippen LogP contribution in [0.1, 0.15) is 0 Å². The van der Waals surface area contributed by atoms with Crippen molar-refractivity contribution in [2.45, 2.75) is 0 Å². The highest BCUT2D eigenvalue weighted by molar-refractivity contribution is 7.26. The quantitative estimate of drug-likeness (QED) is 0.162. The minimum absolute atomic E-state index is 0.691. The van der Waals surface area contributed by atoms with Gasteiger partial charge in [-0.1, -0.05) is 158 Å². The van der Waals surface area contributed by atoms with Crippen LogP contribution in [0, 0.1) is 0 Å². The average molecular weight is 773 g/mol. The van der Waals surface area contributed by atoms with E-state index in [0.717, 1.165) is 78.3 Å². The molecule has 0 fully saturated rings. The average Bonchev–Trinajstić information content (AvgIpc) is 3.86. The fourth-order valence-corrected chi connectivity index (χ4v) is 9.45. The maximum Gasteiger partial charge on any atom is 0.160 e. The molecule has 8 aromatic carbocycles. The summed E-state index contributed by atoms with van der Waals surface area (Å²) in [6.45, 7) is 0. The lowest BCUT2D eigenvalue weighted by Gasteiger charge is -2.14. The van der Waals surface area contributed by atoms with Gasteiger partial charge >= 0.3 is 0 Å². The Kier molecular flexibility index (Phi) is 8.53. The fraction of sp³-hybridized carbons (Fsp3) is 0.0185. The summed E-state index contributed by atoms with van der Waals surface area (Å²) in [5.41, 5.74) is 14.9. The highest BCUT2D eigenvalue weighted by atomic mass is 32.1. The van der Waals surface area contributed by atoms with Gasteiger partial charge in [-0.05, 0) is 75.8 Å². The lowest BCUT2D eigenvalue weighted by molar-refractivity contribution is 0.959. The van der Waals surface area contributed by atoms with Crippen LogP contribution in [0.2, 0.25) is 0 Å². The molecule has 0 aliphatic rings. The molecule has 0 unspecified atom stereocenters. The van der Waals surface area contributed by atoms with Crippen LogP contribution >= 0.6 is 11.3 Å². The summed E-state index contributed by atoms with van der Waals surface area (Å²) in [6.07, 6.45) is 0. The van der Waals surface area contributed by atoms with Gasteiger partial charge in [0, 0.05) is 49.5 Å². The standard InChI is InChI=1S/C54H36N4S/c1-58-50-33-40(28-29-47(50)57-54(58)39-18-9-4-10-19-39)36-24-26-37(27-25-36)48-34-49(56-53(55-48)38-16-7-3-8-17-38)43-31-41(35-14-5-2-6-15-35)30-42(32-43)44-21-13-22-46-45-20-11-12-23-51(45)59-52(44)46/h2-34H,1H3. The Labute approximate surface area is 346 Å². The summed E-state index contributed by atoms with van der Waals surface area (Å²) in [5.74, 6) is 1.65. The number of rotatable bonds is 7. The molecule has 11 aromatic rings. The summed E-state index contributed by atoms with van der Waals surface area (Å²) in [4.78, 5) is 15.4. The third-order valence-corrected chi connectivity index (χ3v) is 12.5. The van der Waals surface area contributed by atoms with E-state index in [2.05, 4.69) is 188 Å². The summed E-state index contributed by atoms with van der Waals surface area (Å²) < 4.78 is 4.76. The number of aromatic nitrogens is 4. The summed E-state index contributed by atoms with van der Waals surface area (Å²) in [5, 5.41) is 2.58. The van der Waals surface area contributed by atoms with Crippen molar-refractivity contribution in [2.24, 2.45) is 7.05 Å². The van der Waals surface area contributed by atoms with Gasteiger partial charge in [-0.3, -0.25) is 0 Å². The van der Waals surface area contributed by atoms with Crippen molar-refractivity contribution in [3.63, 3.8) is 0 Å². The number of fused-ring (bicyclic) bond motifs is 4. The molecule has 3 aromatic heterocycles. The molecule has 0 saturated heterocycles. The molecule has 0 saturated carbocycles. The minimum Gasteiger partial charge on any atom is -0.327 e. The first-order valence-corrected chi connectivity index (χ1v) is 20.6. The van der Waals surface area contributed by atoms with Gasteiger partial charge in [0.15, 0.2) is 5.82 Å². The molecule has 0 spiro atoms. The van der Waals surface area contributed by atoms with Gasteiger partial charge in [-0.15, -0.1) is 11.3 Å². The number of imidazole rings is 1. The Hall–Kier alpha value is -7.47. The largest absolute Gasteiger partial charge is 0.327 e. The van der Waals surface area contributed by atoms with Crippen molar-refractivity contribution >= 4 is 42.5 Å². The maximum absolute atomic E-state index is 5.28. The van der Waals surface area contributed by atoms with Gasteiger partial charge in [0.05, 0.1) is 22.4 Å². The van der Waals surface area contributed by atoms with E-state index in [1.165, 1.54) is 25.7 Å². The number of hydrogen-bond acceptors (Lipinski definition) is 4. The van der Waals surface area contributed by atoms with E-state index in [4.69, 9.17) is 15.0 Å². The van der Waals surface area contributed by atoms with Gasteiger partial charge < -0.3 is 4.57 Å². The van der Waals surface area contributed by atoms with Crippen LogP contribution in [0.4, 0.5) is 0 Å². The second-order valence-corrected chi connectivity index (χ2v) is 16.0. The van der Waals surface area contributed by atoms with E-state index in [1.807, 2.05) is 35.6 Å². The lowest BCUT2D eigenvalue weighted by Crippen LogP contribution is -1.96. The van der Waals surface area contributed by atoms with Gasteiger partial charge in [-0.25, -0.2) is 15.0 Å². The third-order valence-electron chi connectivity index (χ3n) is 11.2. The molecular formula is C54H36N4S. The van der Waals surface area contributed by atoms with Crippen LogP contribution in [0.3, 0.4) is 0 Å². The van der Waals surface area contributed by atoms with Gasteiger partial charge in [0.25, 0.3) is 0 Å². The van der Waals surface area contributed by atoms with Crippen molar-refractivity contribution < 1.29 is 0 Å². The smallest absolute Gasteiger partial charge is 0.160 e. The van der Waals surface area contributed by atoms with Crippen molar-refractivity contribution in [1.29, 1.82) is 0 Å². The second-order valence-electron chi connectivity index (χ2n) is 14.9. The molecule has 0 aliphatic heterocycles. The van der Waals surface area contributed by atoms with Crippen LogP contribution in [0.5, 0.6) is 0 Å². The third kappa shape index (κ3) is 6.38. The molecule has 11 rings (SSSR count). The maximum atomic E-state index is 5.28. The first kappa shape index (κ1) is 34.8. The number of thiophene rings is 1. The topological polar surface area (TPSA) is 43.6 Å². The molecule has 3 heterocycles. The zero-order valence-corrected chi connectivity index (χ0v) is 33.1. The normalized spacial score (nSPS) is 11.5. The summed E-state index contributed by atoms with van der Waals surface area (Å²) in [6, 6.07) is 70.9. The van der Waals surface area contributed by atoms with E-state index < -0.39 is 0 Å². The number of hydrogen-bond donors (Lipinski definition) is 0. The highest BCUT2D eigenvalue weighted by Crippen LogP contribution is 2.42. The molecule has 278 valence electrons. The van der Waals surface area contributed by atoms with E-state index >= 15 is 0 Å². The number of benzene rings is 8. The van der Waals surface area contributed by atoms with E-state index in [-0.39, 0.29) is 0 Å². The Morgan fingerprint density at radius 3 is 1.73 bits per heavy atom. The predicted molar refractivity (Wildman–Crippen MR) is 247 cm³/mol. The molecule has 0 amide bonds. The van der Waals surface area contributed by atoms with Crippen LogP contribution in [0.15, 0.2) is 200 Å². The van der Waals surface area contributed by atoms with Gasteiger partial charge in [0.2, 0.25) is 0 Å². The fourth-order valence-electron chi connectivity index (χ4n) is 8.21. The molecule has 0 radical (unpaired) electrons. The summed E-state index contributed by atoms with van der Waals surface area (Å²) >= 11 is 1.86. The van der Waals surface area contributed by atoms with Crippen molar-refractivity contribution in [3.05, 3.63) is 200 Å². The zero-order valence-electron chi connectivity index (χ0n) is 32.2.